The van der Waals surface area contributed by atoms with Gasteiger partial charge in [0, 0.05) is 32.7 Å². The van der Waals surface area contributed by atoms with E-state index in [0.29, 0.717) is 11.1 Å². The second-order valence-corrected chi connectivity index (χ2v) is 9.91. The quantitative estimate of drug-likeness (QED) is 0.168. The Hall–Kier alpha value is -5.15. The summed E-state index contributed by atoms with van der Waals surface area (Å²) in [4.78, 5) is 13.5. The fraction of sp³-hybridized carbons (Fsp3) is 0.0541. The van der Waals surface area contributed by atoms with E-state index in [4.69, 9.17) is 9.47 Å². The number of rotatable bonds is 5. The molecule has 7 rings (SSSR count). The minimum absolute atomic E-state index is 0.0143. The Labute approximate surface area is 232 Å². The molecule has 0 aromatic heterocycles. The molecule has 0 atom stereocenters. The van der Waals surface area contributed by atoms with Crippen LogP contribution in [0, 0.1) is 0 Å². The smallest absolute Gasteiger partial charge is 0.193 e. The van der Waals surface area contributed by atoms with Gasteiger partial charge in [0.25, 0.3) is 0 Å². The Balaban J connectivity index is 1.66. The van der Waals surface area contributed by atoms with Crippen LogP contribution in [0.1, 0.15) is 15.9 Å². The van der Waals surface area contributed by atoms with Gasteiger partial charge in [0.1, 0.15) is 11.5 Å². The number of carbonyl (C=O) groups is 1. The molecule has 3 heteroatoms. The maximum Gasteiger partial charge on any atom is 0.193 e. The lowest BCUT2D eigenvalue weighted by molar-refractivity contribution is 0.103. The van der Waals surface area contributed by atoms with Crippen molar-refractivity contribution in [3.05, 3.63) is 132 Å². The molecular weight excluding hydrogens is 492 g/mol. The largest absolute Gasteiger partial charge is 0.495 e. The van der Waals surface area contributed by atoms with Crippen molar-refractivity contribution in [2.45, 2.75) is 0 Å². The van der Waals surface area contributed by atoms with E-state index in [2.05, 4.69) is 72.8 Å². The van der Waals surface area contributed by atoms with Gasteiger partial charge in [-0.15, -0.1) is 0 Å². The molecule has 192 valence electrons. The van der Waals surface area contributed by atoms with Crippen LogP contribution < -0.4 is 9.47 Å². The van der Waals surface area contributed by atoms with Crippen molar-refractivity contribution < 1.29 is 14.3 Å². The van der Waals surface area contributed by atoms with E-state index < -0.39 is 0 Å². The van der Waals surface area contributed by atoms with Crippen LogP contribution in [0.15, 0.2) is 121 Å². The molecule has 0 heterocycles. The minimum atomic E-state index is -0.0143. The molecule has 0 N–H and O–H groups in total. The average Bonchev–Trinajstić information content (AvgIpc) is 3.02. The molecule has 3 nitrogen and oxygen atoms in total. The number of hydrogen-bond donors (Lipinski definition) is 0. The fourth-order valence-electron chi connectivity index (χ4n) is 6.10. The summed E-state index contributed by atoms with van der Waals surface area (Å²) in [5, 5.41) is 8.36. The molecule has 0 unspecified atom stereocenters. The molecule has 0 saturated heterocycles. The van der Waals surface area contributed by atoms with Crippen LogP contribution in [-0.2, 0) is 0 Å². The van der Waals surface area contributed by atoms with Crippen molar-refractivity contribution in [3.63, 3.8) is 0 Å². The zero-order valence-corrected chi connectivity index (χ0v) is 22.3. The van der Waals surface area contributed by atoms with Crippen molar-refractivity contribution in [1.29, 1.82) is 0 Å². The summed E-state index contributed by atoms with van der Waals surface area (Å²) in [5.74, 6) is 1.62. The topological polar surface area (TPSA) is 35.5 Å². The molecule has 0 amide bonds. The second kappa shape index (κ2) is 9.55. The summed E-state index contributed by atoms with van der Waals surface area (Å²) < 4.78 is 12.0. The van der Waals surface area contributed by atoms with Gasteiger partial charge in [0.15, 0.2) is 5.78 Å². The predicted octanol–water partition coefficient (Wildman–Crippen LogP) is 9.21. The van der Waals surface area contributed by atoms with Gasteiger partial charge >= 0.3 is 0 Å². The van der Waals surface area contributed by atoms with Crippen LogP contribution in [0.5, 0.6) is 11.5 Å². The van der Waals surface area contributed by atoms with Crippen molar-refractivity contribution >= 4 is 48.9 Å². The summed E-state index contributed by atoms with van der Waals surface area (Å²) in [7, 11) is 3.43. The van der Waals surface area contributed by atoms with Crippen LogP contribution in [0.25, 0.3) is 54.2 Å². The zero-order chi connectivity index (χ0) is 27.2. The Morgan fingerprint density at radius 3 is 1.30 bits per heavy atom. The summed E-state index contributed by atoms with van der Waals surface area (Å²) in [5.41, 5.74) is 3.54. The molecule has 0 bridgehead atoms. The Morgan fingerprint density at radius 2 is 0.825 bits per heavy atom. The first kappa shape index (κ1) is 23.9. The van der Waals surface area contributed by atoms with Gasteiger partial charge in [0.05, 0.1) is 14.2 Å². The van der Waals surface area contributed by atoms with Gasteiger partial charge in [-0.05, 0) is 38.7 Å². The van der Waals surface area contributed by atoms with Gasteiger partial charge < -0.3 is 9.47 Å². The molecule has 7 aromatic carbocycles. The van der Waals surface area contributed by atoms with E-state index in [1.807, 2.05) is 48.5 Å². The molecule has 0 radical (unpaired) electrons. The second-order valence-electron chi connectivity index (χ2n) is 9.91. The van der Waals surface area contributed by atoms with E-state index in [-0.39, 0.29) is 5.78 Å². The minimum Gasteiger partial charge on any atom is -0.495 e. The lowest BCUT2D eigenvalue weighted by Crippen LogP contribution is -2.02. The Kier molecular flexibility index (Phi) is 5.71. The number of hydrogen-bond acceptors (Lipinski definition) is 3. The molecular formula is C37H26O3. The first-order valence-electron chi connectivity index (χ1n) is 13.3. The van der Waals surface area contributed by atoms with Crippen molar-refractivity contribution in [3.8, 4) is 22.6 Å². The normalized spacial score (nSPS) is 11.3. The molecule has 7 aromatic rings. The molecule has 0 saturated carbocycles. The zero-order valence-electron chi connectivity index (χ0n) is 22.3. The third-order valence-corrected chi connectivity index (χ3v) is 7.81. The monoisotopic (exact) mass is 518 g/mol. The van der Waals surface area contributed by atoms with Crippen LogP contribution in [0.3, 0.4) is 0 Å². The van der Waals surface area contributed by atoms with E-state index in [1.165, 1.54) is 0 Å². The number of carbonyl (C=O) groups excluding carboxylic acids is 1. The van der Waals surface area contributed by atoms with Gasteiger partial charge in [-0.1, -0.05) is 115 Å². The maximum atomic E-state index is 13.5. The third-order valence-electron chi connectivity index (χ3n) is 7.81. The van der Waals surface area contributed by atoms with E-state index in [0.717, 1.165) is 65.7 Å². The number of ketones is 1. The lowest BCUT2D eigenvalue weighted by Gasteiger charge is -2.21. The molecule has 0 fully saturated rings. The third kappa shape index (κ3) is 3.55. The average molecular weight is 519 g/mol. The summed E-state index contributed by atoms with van der Waals surface area (Å²) in [6.45, 7) is 0. The highest BCUT2D eigenvalue weighted by Gasteiger charge is 2.22. The van der Waals surface area contributed by atoms with Crippen molar-refractivity contribution in [2.24, 2.45) is 0 Å². The lowest BCUT2D eigenvalue weighted by atomic mass is 9.85. The van der Waals surface area contributed by atoms with Crippen LogP contribution in [-0.4, -0.2) is 20.0 Å². The van der Waals surface area contributed by atoms with E-state index in [1.54, 1.807) is 14.2 Å². The molecule has 0 spiro atoms. The highest BCUT2D eigenvalue weighted by molar-refractivity contribution is 6.27. The van der Waals surface area contributed by atoms with Gasteiger partial charge in [0.2, 0.25) is 0 Å². The number of methoxy groups -OCH3 is 2. The maximum absolute atomic E-state index is 13.5. The summed E-state index contributed by atoms with van der Waals surface area (Å²) >= 11 is 0. The Bertz CT molecular complexity index is 2030. The van der Waals surface area contributed by atoms with Gasteiger partial charge in [-0.3, -0.25) is 4.79 Å². The van der Waals surface area contributed by atoms with Crippen LogP contribution in [0.4, 0.5) is 0 Å². The fourth-order valence-corrected chi connectivity index (χ4v) is 6.10. The SMILES string of the molecule is COc1c2ccccc2c(-c2c3ccccc3c(OC)c3cc(C(=O)c4ccccc4)ccc23)c2ccccc12. The molecule has 0 aliphatic carbocycles. The highest BCUT2D eigenvalue weighted by atomic mass is 16.5. The number of ether oxygens (including phenoxy) is 2. The number of benzene rings is 7. The van der Waals surface area contributed by atoms with Crippen LogP contribution >= 0.6 is 0 Å². The van der Waals surface area contributed by atoms with E-state index in [9.17, 15) is 4.79 Å². The molecule has 0 aliphatic rings. The van der Waals surface area contributed by atoms with Crippen LogP contribution in [0.2, 0.25) is 0 Å². The Morgan fingerprint density at radius 1 is 0.425 bits per heavy atom. The molecule has 40 heavy (non-hydrogen) atoms. The number of fused-ring (bicyclic) bond motifs is 4. The standard InChI is InChI=1S/C37H26O3/c1-39-36-29-17-9-6-14-25(29)33(26-15-7-10-18-30(26)36)34-27-16-8-11-19-31(27)37(40-2)32-22-24(20-21-28(32)34)35(38)23-12-4-3-5-13-23/h3-22H,1-2H3. The first-order chi connectivity index (χ1) is 19.7. The highest BCUT2D eigenvalue weighted by Crippen LogP contribution is 2.49. The first-order valence-corrected chi connectivity index (χ1v) is 13.3. The van der Waals surface area contributed by atoms with Crippen molar-refractivity contribution in [1.82, 2.24) is 0 Å². The predicted molar refractivity (Wildman–Crippen MR) is 165 cm³/mol. The van der Waals surface area contributed by atoms with Gasteiger partial charge in [-0.25, -0.2) is 0 Å². The molecule has 0 aliphatic heterocycles. The summed E-state index contributed by atoms with van der Waals surface area (Å²) in [6.07, 6.45) is 0. The van der Waals surface area contributed by atoms with Gasteiger partial charge in [-0.2, -0.15) is 0 Å². The van der Waals surface area contributed by atoms with E-state index >= 15 is 0 Å². The van der Waals surface area contributed by atoms with Crippen molar-refractivity contribution in [2.75, 3.05) is 14.2 Å². The summed E-state index contributed by atoms with van der Waals surface area (Å²) in [6, 6.07) is 40.6.